The van der Waals surface area contributed by atoms with E-state index >= 15 is 0 Å². The molecule has 0 N–H and O–H groups in total. The molecule has 0 radical (unpaired) electrons. The van der Waals surface area contributed by atoms with Gasteiger partial charge in [0, 0.05) is 81.1 Å². The first-order valence-electron chi connectivity index (χ1n) is 35.8. The summed E-state index contributed by atoms with van der Waals surface area (Å²) in [6.07, 6.45) is 0. The SMILES string of the molecule is c1ccc(-n2c3ccccc3c3cc(-c4nc(-n5c6cc7ccccc7cc6c6c7ccccc7ccc65)nc5c4oc4ccccc45)ccc32)cc1.c1ccc(-n2c3ccccc3c3cc(-c4nc(-n5c6cc7ccccc7cc6c6c7ccccc7ccc65)nc5c4sc4ccccc45)ccc32)cc1. The fraction of sp³-hybridized carbons (Fsp3) is 0. The molecule has 0 amide bonds. The molecular weight excluding hydrogens is 1310 g/mol. The Morgan fingerprint density at radius 2 is 0.651 bits per heavy atom. The topological polar surface area (TPSA) is 84.4 Å². The van der Waals surface area contributed by atoms with E-state index in [-0.39, 0.29) is 0 Å². The predicted octanol–water partition coefficient (Wildman–Crippen LogP) is 25.6. The van der Waals surface area contributed by atoms with Crippen LogP contribution in [0, 0.1) is 0 Å². The Bertz CT molecular complexity index is 7390. The van der Waals surface area contributed by atoms with Gasteiger partial charge in [-0.05, 0) is 158 Å². The van der Waals surface area contributed by atoms with Crippen molar-refractivity contribution in [3.8, 4) is 45.8 Å². The van der Waals surface area contributed by atoms with Crippen LogP contribution in [-0.4, -0.2) is 38.2 Å². The molecule has 0 aliphatic heterocycles. The molecule has 0 aliphatic rings. The van der Waals surface area contributed by atoms with Gasteiger partial charge in [-0.15, -0.1) is 11.3 Å². The molecule has 0 fully saturated rings. The Balaban J connectivity index is 0.000000129. The minimum Gasteiger partial charge on any atom is -0.452 e. The second kappa shape index (κ2) is 22.7. The number of thiophene rings is 1. The molecule has 0 saturated heterocycles. The lowest BCUT2D eigenvalue weighted by Crippen LogP contribution is -2.03. The van der Waals surface area contributed by atoms with Gasteiger partial charge in [0.1, 0.15) is 16.8 Å². The van der Waals surface area contributed by atoms with Gasteiger partial charge in [0.2, 0.25) is 11.9 Å². The summed E-state index contributed by atoms with van der Waals surface area (Å²) in [5.41, 5.74) is 18.2. The third-order valence-electron chi connectivity index (χ3n) is 21.8. The fourth-order valence-corrected chi connectivity index (χ4v) is 18.2. The van der Waals surface area contributed by atoms with Gasteiger partial charge < -0.3 is 13.6 Å². The summed E-state index contributed by atoms with van der Waals surface area (Å²) >= 11 is 1.77. The zero-order chi connectivity index (χ0) is 69.2. The largest absolute Gasteiger partial charge is 0.452 e. The molecule has 0 bridgehead atoms. The van der Waals surface area contributed by atoms with Crippen LogP contribution >= 0.6 is 11.3 Å². The van der Waals surface area contributed by atoms with Crippen molar-refractivity contribution in [3.63, 3.8) is 0 Å². The second-order valence-corrected chi connectivity index (χ2v) is 28.7. The normalized spacial score (nSPS) is 12.2. The van der Waals surface area contributed by atoms with Gasteiger partial charge in [-0.2, -0.15) is 0 Å². The number of benzene rings is 16. The van der Waals surface area contributed by atoms with Crippen molar-refractivity contribution in [3.05, 3.63) is 340 Å². The van der Waals surface area contributed by atoms with Crippen molar-refractivity contribution in [1.29, 1.82) is 0 Å². The van der Waals surface area contributed by atoms with Crippen molar-refractivity contribution in [1.82, 2.24) is 38.2 Å². The number of nitrogens with zero attached hydrogens (tertiary/aromatic N) is 8. The first-order valence-corrected chi connectivity index (χ1v) is 36.7. The van der Waals surface area contributed by atoms with Crippen LogP contribution in [0.3, 0.4) is 0 Å². The van der Waals surface area contributed by atoms with Crippen molar-refractivity contribution in [2.24, 2.45) is 0 Å². The molecular formula is C96H56N8OS. The number of fused-ring (bicyclic) bond motifs is 24. The number of hydrogen-bond donors (Lipinski definition) is 0. The van der Waals surface area contributed by atoms with Crippen molar-refractivity contribution in [2.75, 3.05) is 0 Å². The van der Waals surface area contributed by atoms with Gasteiger partial charge in [0.25, 0.3) is 0 Å². The Labute approximate surface area is 608 Å². The van der Waals surface area contributed by atoms with Crippen LogP contribution in [0.2, 0.25) is 0 Å². The first kappa shape index (κ1) is 58.6. The van der Waals surface area contributed by atoms with E-state index in [1.165, 1.54) is 96.5 Å². The lowest BCUT2D eigenvalue weighted by molar-refractivity contribution is 0.666. The molecule has 8 heterocycles. The molecule has 0 saturated carbocycles. The van der Waals surface area contributed by atoms with Crippen LogP contribution in [0.5, 0.6) is 0 Å². The monoisotopic (exact) mass is 1370 g/mol. The molecule has 24 aromatic rings. The minimum absolute atomic E-state index is 0.608. The fourth-order valence-electron chi connectivity index (χ4n) is 17.1. The van der Waals surface area contributed by atoms with E-state index in [1.807, 2.05) is 18.2 Å². The van der Waals surface area contributed by atoms with Crippen LogP contribution < -0.4 is 0 Å². The highest BCUT2D eigenvalue weighted by atomic mass is 32.1. The molecule has 9 nitrogen and oxygen atoms in total. The zero-order valence-corrected chi connectivity index (χ0v) is 57.5. The summed E-state index contributed by atoms with van der Waals surface area (Å²) in [5.74, 6) is 1.28. The molecule has 24 rings (SSSR count). The van der Waals surface area contributed by atoms with E-state index < -0.39 is 0 Å². The van der Waals surface area contributed by atoms with E-state index in [0.717, 1.165) is 104 Å². The van der Waals surface area contributed by atoms with Gasteiger partial charge in [0.15, 0.2) is 5.58 Å². The number of aromatic nitrogens is 8. The van der Waals surface area contributed by atoms with Crippen LogP contribution in [0.4, 0.5) is 0 Å². The number of furan rings is 1. The highest BCUT2D eigenvalue weighted by molar-refractivity contribution is 7.26. The van der Waals surface area contributed by atoms with Crippen LogP contribution in [0.15, 0.2) is 344 Å². The summed E-state index contributed by atoms with van der Waals surface area (Å²) in [6.45, 7) is 0. The average molecular weight is 1370 g/mol. The number of hydrogen-bond acceptors (Lipinski definition) is 6. The molecule has 0 spiro atoms. The molecule has 0 atom stereocenters. The number of rotatable bonds is 6. The molecule has 10 heteroatoms. The Morgan fingerprint density at radius 3 is 1.20 bits per heavy atom. The van der Waals surface area contributed by atoms with E-state index in [9.17, 15) is 0 Å². The zero-order valence-electron chi connectivity index (χ0n) is 56.7. The highest BCUT2D eigenvalue weighted by Gasteiger charge is 2.26. The van der Waals surface area contributed by atoms with E-state index in [2.05, 4.69) is 340 Å². The van der Waals surface area contributed by atoms with Crippen molar-refractivity contribution >= 4 is 184 Å². The Kier molecular flexibility index (Phi) is 12.6. The quantitative estimate of drug-likeness (QED) is 0.166. The van der Waals surface area contributed by atoms with E-state index in [0.29, 0.717) is 17.5 Å². The highest BCUT2D eigenvalue weighted by Crippen LogP contribution is 2.46. The first-order chi connectivity index (χ1) is 52.6. The van der Waals surface area contributed by atoms with Crippen LogP contribution in [0.1, 0.15) is 0 Å². The van der Waals surface area contributed by atoms with Crippen molar-refractivity contribution in [2.45, 2.75) is 0 Å². The Hall–Kier alpha value is -14.1. The summed E-state index contributed by atoms with van der Waals surface area (Å²) in [7, 11) is 0. The lowest BCUT2D eigenvalue weighted by Gasteiger charge is -2.11. The molecule has 106 heavy (non-hydrogen) atoms. The minimum atomic E-state index is 0.608. The summed E-state index contributed by atoms with van der Waals surface area (Å²) in [4.78, 5) is 21.9. The summed E-state index contributed by atoms with van der Waals surface area (Å²) < 4.78 is 18.2. The summed E-state index contributed by atoms with van der Waals surface area (Å²) in [6, 6.07) is 121. The molecule has 0 aliphatic carbocycles. The molecule has 8 aromatic heterocycles. The van der Waals surface area contributed by atoms with E-state index in [4.69, 9.17) is 24.4 Å². The van der Waals surface area contributed by atoms with Crippen LogP contribution in [-0.2, 0) is 0 Å². The smallest absolute Gasteiger partial charge is 0.236 e. The standard InChI is InChI=1S/C48H28N4O.C48H28N4S/c2*1-2-15-33(16-3-1)51-39-20-10-8-18-35(39)37-27-32(23-24-40(37)51)45-47-46(36-19-9-11-21-43(36)53-47)50-48(49-45)52-41-25-22-29-12-6-7-17-34(29)44(41)38-26-30-13-4-5-14-31(30)28-42(38)52/h2*1-28H. The average Bonchev–Trinajstić information content (AvgIpc) is 1.57. The third-order valence-corrected chi connectivity index (χ3v) is 22.9. The lowest BCUT2D eigenvalue weighted by atomic mass is 10.0. The van der Waals surface area contributed by atoms with Crippen molar-refractivity contribution < 1.29 is 4.42 Å². The van der Waals surface area contributed by atoms with Gasteiger partial charge in [-0.1, -0.05) is 224 Å². The third kappa shape index (κ3) is 8.70. The Morgan fingerprint density at radius 1 is 0.245 bits per heavy atom. The van der Waals surface area contributed by atoms with Gasteiger partial charge >= 0.3 is 0 Å². The molecule has 492 valence electrons. The van der Waals surface area contributed by atoms with Gasteiger partial charge in [0.05, 0.1) is 60.0 Å². The van der Waals surface area contributed by atoms with Gasteiger partial charge in [-0.25, -0.2) is 19.9 Å². The maximum absolute atomic E-state index is 6.64. The van der Waals surface area contributed by atoms with Crippen LogP contribution in [0.25, 0.3) is 218 Å². The number of para-hydroxylation sites is 5. The predicted molar refractivity (Wildman–Crippen MR) is 442 cm³/mol. The summed E-state index contributed by atoms with van der Waals surface area (Å²) in [5, 5.41) is 21.3. The maximum Gasteiger partial charge on any atom is 0.236 e. The molecule has 16 aromatic carbocycles. The second-order valence-electron chi connectivity index (χ2n) is 27.6. The van der Waals surface area contributed by atoms with Gasteiger partial charge in [-0.3, -0.25) is 9.13 Å². The maximum atomic E-state index is 6.64. The van der Waals surface area contributed by atoms with E-state index in [1.54, 1.807) is 11.3 Å². The molecule has 0 unspecified atom stereocenters.